The molecule has 3 rings (SSSR count). The van der Waals surface area contributed by atoms with Crippen molar-refractivity contribution < 1.29 is 9.53 Å². The molecule has 2 aromatic heterocycles. The summed E-state index contributed by atoms with van der Waals surface area (Å²) in [6.45, 7) is -0.268. The third-order valence-corrected chi connectivity index (χ3v) is 3.95. The summed E-state index contributed by atoms with van der Waals surface area (Å²) in [5.74, 6) is -0.754. The van der Waals surface area contributed by atoms with Crippen molar-refractivity contribution in [2.75, 3.05) is 0 Å². The quantitative estimate of drug-likeness (QED) is 0.689. The number of carbonyl (C=O) groups is 1. The molecule has 0 radical (unpaired) electrons. The van der Waals surface area contributed by atoms with E-state index in [4.69, 9.17) is 4.74 Å². The molecule has 0 aliphatic carbocycles. The molecule has 0 atom stereocenters. The molecule has 128 valence electrons. The Hall–Kier alpha value is -3.42. The predicted octanol–water partition coefficient (Wildman–Crippen LogP) is 0.282. The van der Waals surface area contributed by atoms with Crippen LogP contribution in [0.3, 0.4) is 0 Å². The SMILES string of the molecule is Cn1c(COC(=O)c2cc3ccccc3c(=O)[nH]2)cc(=O)n(C)c1=O. The van der Waals surface area contributed by atoms with E-state index in [2.05, 4.69) is 4.98 Å². The summed E-state index contributed by atoms with van der Waals surface area (Å²) in [5, 5.41) is 1.08. The molecule has 8 nitrogen and oxygen atoms in total. The van der Waals surface area contributed by atoms with Crippen LogP contribution >= 0.6 is 0 Å². The first-order chi connectivity index (χ1) is 11.9. The van der Waals surface area contributed by atoms with Crippen molar-refractivity contribution >= 4 is 16.7 Å². The second kappa shape index (κ2) is 6.23. The van der Waals surface area contributed by atoms with Crippen LogP contribution in [0.2, 0.25) is 0 Å². The zero-order valence-electron chi connectivity index (χ0n) is 13.6. The van der Waals surface area contributed by atoms with Crippen molar-refractivity contribution in [3.05, 3.63) is 79.0 Å². The first-order valence-corrected chi connectivity index (χ1v) is 7.43. The van der Waals surface area contributed by atoms with Crippen LogP contribution in [0, 0.1) is 0 Å². The van der Waals surface area contributed by atoms with Gasteiger partial charge in [0.1, 0.15) is 12.3 Å². The molecule has 0 bridgehead atoms. The van der Waals surface area contributed by atoms with Crippen molar-refractivity contribution in [3.8, 4) is 0 Å². The van der Waals surface area contributed by atoms with Gasteiger partial charge in [-0.25, -0.2) is 9.59 Å². The van der Waals surface area contributed by atoms with Crippen molar-refractivity contribution in [3.63, 3.8) is 0 Å². The van der Waals surface area contributed by atoms with Crippen LogP contribution in [-0.4, -0.2) is 20.1 Å². The van der Waals surface area contributed by atoms with Gasteiger partial charge < -0.3 is 9.72 Å². The Morgan fingerprint density at radius 3 is 2.56 bits per heavy atom. The predicted molar refractivity (Wildman–Crippen MR) is 90.6 cm³/mol. The van der Waals surface area contributed by atoms with Gasteiger partial charge in [0.15, 0.2) is 0 Å². The number of esters is 1. The highest BCUT2D eigenvalue weighted by Crippen LogP contribution is 2.11. The summed E-state index contributed by atoms with van der Waals surface area (Å²) in [6.07, 6.45) is 0. The fourth-order valence-electron chi connectivity index (χ4n) is 2.45. The fourth-order valence-corrected chi connectivity index (χ4v) is 2.45. The second-order valence-electron chi connectivity index (χ2n) is 5.55. The smallest absolute Gasteiger partial charge is 0.355 e. The molecule has 0 aliphatic rings. The molecular weight excluding hydrogens is 326 g/mol. The number of benzene rings is 1. The lowest BCUT2D eigenvalue weighted by Crippen LogP contribution is -2.38. The van der Waals surface area contributed by atoms with E-state index in [1.165, 1.54) is 30.8 Å². The van der Waals surface area contributed by atoms with Crippen molar-refractivity contribution in [1.29, 1.82) is 0 Å². The Balaban J connectivity index is 1.88. The lowest BCUT2D eigenvalue weighted by molar-refractivity contribution is 0.0455. The van der Waals surface area contributed by atoms with E-state index in [0.29, 0.717) is 10.8 Å². The van der Waals surface area contributed by atoms with Crippen LogP contribution in [0.1, 0.15) is 16.2 Å². The standard InChI is InChI=1S/C17H15N3O5/c1-19-11(8-14(21)20(2)17(19)24)9-25-16(23)13-7-10-5-3-4-6-12(10)15(22)18-13/h3-8H,9H2,1-2H3,(H,18,22). The van der Waals surface area contributed by atoms with Crippen LogP contribution in [0.25, 0.3) is 10.8 Å². The van der Waals surface area contributed by atoms with Crippen LogP contribution in [-0.2, 0) is 25.4 Å². The van der Waals surface area contributed by atoms with Gasteiger partial charge in [-0.05, 0) is 17.5 Å². The average Bonchev–Trinajstić information content (AvgIpc) is 2.61. The third-order valence-electron chi connectivity index (χ3n) is 3.95. The molecule has 1 aromatic carbocycles. The topological polar surface area (TPSA) is 103 Å². The highest BCUT2D eigenvalue weighted by atomic mass is 16.5. The summed E-state index contributed by atoms with van der Waals surface area (Å²) in [5.41, 5.74) is -1.15. The maximum absolute atomic E-state index is 12.2. The number of nitrogens with zero attached hydrogens (tertiary/aromatic N) is 2. The first kappa shape index (κ1) is 16.4. The molecule has 0 saturated carbocycles. The average molecular weight is 341 g/mol. The van der Waals surface area contributed by atoms with Gasteiger partial charge in [-0.2, -0.15) is 0 Å². The molecule has 0 spiro atoms. The van der Waals surface area contributed by atoms with Gasteiger partial charge in [0, 0.05) is 25.5 Å². The lowest BCUT2D eigenvalue weighted by atomic mass is 10.1. The largest absolute Gasteiger partial charge is 0.455 e. The molecule has 0 saturated heterocycles. The van der Waals surface area contributed by atoms with Gasteiger partial charge in [0.2, 0.25) is 0 Å². The van der Waals surface area contributed by atoms with E-state index in [-0.39, 0.29) is 18.0 Å². The maximum Gasteiger partial charge on any atom is 0.355 e. The molecule has 0 amide bonds. The number of hydrogen-bond acceptors (Lipinski definition) is 5. The zero-order valence-corrected chi connectivity index (χ0v) is 13.6. The Morgan fingerprint density at radius 2 is 1.80 bits per heavy atom. The molecule has 1 N–H and O–H groups in total. The monoisotopic (exact) mass is 341 g/mol. The normalized spacial score (nSPS) is 10.8. The van der Waals surface area contributed by atoms with Crippen molar-refractivity contribution in [2.45, 2.75) is 6.61 Å². The Morgan fingerprint density at radius 1 is 1.08 bits per heavy atom. The van der Waals surface area contributed by atoms with Gasteiger partial charge in [-0.1, -0.05) is 18.2 Å². The van der Waals surface area contributed by atoms with Crippen LogP contribution in [0.4, 0.5) is 0 Å². The molecule has 2 heterocycles. The van der Waals surface area contributed by atoms with E-state index in [9.17, 15) is 19.2 Å². The van der Waals surface area contributed by atoms with Gasteiger partial charge >= 0.3 is 11.7 Å². The fraction of sp³-hybridized carbons (Fsp3) is 0.176. The van der Waals surface area contributed by atoms with Gasteiger partial charge in [-0.15, -0.1) is 0 Å². The molecule has 3 aromatic rings. The summed E-state index contributed by atoms with van der Waals surface area (Å²) in [4.78, 5) is 50.2. The van der Waals surface area contributed by atoms with Crippen molar-refractivity contribution in [2.24, 2.45) is 14.1 Å². The Labute approximate surface area is 140 Å². The van der Waals surface area contributed by atoms with E-state index in [0.717, 1.165) is 4.57 Å². The van der Waals surface area contributed by atoms with Crippen molar-refractivity contribution in [1.82, 2.24) is 14.1 Å². The van der Waals surface area contributed by atoms with E-state index < -0.39 is 22.8 Å². The van der Waals surface area contributed by atoms with E-state index in [1.807, 2.05) is 0 Å². The van der Waals surface area contributed by atoms with E-state index >= 15 is 0 Å². The number of aromatic amines is 1. The summed E-state index contributed by atoms with van der Waals surface area (Å²) in [6, 6.07) is 9.59. The Kier molecular flexibility index (Phi) is 4.10. The summed E-state index contributed by atoms with van der Waals surface area (Å²) < 4.78 is 7.30. The number of ether oxygens (including phenoxy) is 1. The minimum Gasteiger partial charge on any atom is -0.455 e. The summed E-state index contributed by atoms with van der Waals surface area (Å²) in [7, 11) is 2.84. The van der Waals surface area contributed by atoms with Crippen LogP contribution in [0.15, 0.2) is 50.8 Å². The summed E-state index contributed by atoms with van der Waals surface area (Å²) >= 11 is 0. The van der Waals surface area contributed by atoms with Gasteiger partial charge in [0.25, 0.3) is 11.1 Å². The lowest BCUT2D eigenvalue weighted by Gasteiger charge is -2.10. The highest BCUT2D eigenvalue weighted by molar-refractivity contribution is 5.92. The molecule has 0 fully saturated rings. The minimum atomic E-state index is -0.754. The molecule has 0 unspecified atom stereocenters. The third kappa shape index (κ3) is 3.01. The number of carbonyl (C=O) groups excluding carboxylic acids is 1. The van der Waals surface area contributed by atoms with Crippen LogP contribution < -0.4 is 16.8 Å². The number of nitrogens with one attached hydrogen (secondary N) is 1. The number of aromatic nitrogens is 3. The number of H-pyrrole nitrogens is 1. The second-order valence-corrected chi connectivity index (χ2v) is 5.55. The highest BCUT2D eigenvalue weighted by Gasteiger charge is 2.13. The molecule has 0 aliphatic heterocycles. The molecule has 25 heavy (non-hydrogen) atoms. The van der Waals surface area contributed by atoms with E-state index in [1.54, 1.807) is 24.3 Å². The van der Waals surface area contributed by atoms with Gasteiger partial charge in [0.05, 0.1) is 5.69 Å². The number of hydrogen-bond donors (Lipinski definition) is 1. The Bertz CT molecular complexity index is 1150. The number of rotatable bonds is 3. The van der Waals surface area contributed by atoms with Gasteiger partial charge in [-0.3, -0.25) is 18.7 Å². The maximum atomic E-state index is 12.2. The first-order valence-electron chi connectivity index (χ1n) is 7.43. The zero-order chi connectivity index (χ0) is 18.1. The molecule has 8 heteroatoms. The molecular formula is C17H15N3O5. The van der Waals surface area contributed by atoms with Crippen LogP contribution in [0.5, 0.6) is 0 Å². The number of pyridine rings is 1. The number of fused-ring (bicyclic) bond motifs is 1. The minimum absolute atomic E-state index is 0.00228.